The highest BCUT2D eigenvalue weighted by Gasteiger charge is 2.24. The third-order valence-electron chi connectivity index (χ3n) is 5.05. The Bertz CT molecular complexity index is 933. The lowest BCUT2D eigenvalue weighted by Crippen LogP contribution is -2.13. The molecule has 2 aromatic rings. The summed E-state index contributed by atoms with van der Waals surface area (Å²) in [6, 6.07) is 6.01. The Morgan fingerprint density at radius 1 is 1.36 bits per heavy atom. The van der Waals surface area contributed by atoms with Gasteiger partial charge in [-0.2, -0.15) is 5.26 Å². The van der Waals surface area contributed by atoms with E-state index in [0.717, 1.165) is 34.9 Å². The first-order valence-electron chi connectivity index (χ1n) is 9.21. The number of hydrogen-bond donors (Lipinski definition) is 1. The van der Waals surface area contributed by atoms with Crippen molar-refractivity contribution in [3.05, 3.63) is 38.2 Å². The summed E-state index contributed by atoms with van der Waals surface area (Å²) >= 11 is 5.08. The molecule has 1 heterocycles. The standard InChI is InChI=1S/C21H23BrN2O3S/c1-12-4-6-14-15(11-23)21(28-19(14)8-12)24-20(25)7-5-13-9-17(26-2)18(27-3)10-16(13)22/h9-10,12H,4-8H2,1-3H3,(H,24,25). The van der Waals surface area contributed by atoms with Gasteiger partial charge in [-0.05, 0) is 54.9 Å². The molecule has 1 aliphatic carbocycles. The molecule has 0 saturated carbocycles. The van der Waals surface area contributed by atoms with Gasteiger partial charge in [0.15, 0.2) is 11.5 Å². The van der Waals surface area contributed by atoms with Crippen molar-refractivity contribution in [1.29, 1.82) is 5.26 Å². The molecule has 148 valence electrons. The van der Waals surface area contributed by atoms with Crippen molar-refractivity contribution in [3.63, 3.8) is 0 Å². The largest absolute Gasteiger partial charge is 0.493 e. The van der Waals surface area contributed by atoms with Gasteiger partial charge in [0, 0.05) is 15.8 Å². The number of thiophene rings is 1. The molecule has 1 N–H and O–H groups in total. The molecule has 5 nitrogen and oxygen atoms in total. The molecular formula is C21H23BrN2O3S. The maximum absolute atomic E-state index is 12.5. The van der Waals surface area contributed by atoms with E-state index < -0.39 is 0 Å². The summed E-state index contributed by atoms with van der Waals surface area (Å²) in [6.07, 6.45) is 3.88. The normalized spacial score (nSPS) is 15.5. The van der Waals surface area contributed by atoms with Gasteiger partial charge >= 0.3 is 0 Å². The number of carbonyl (C=O) groups excluding carboxylic acids is 1. The molecule has 3 rings (SSSR count). The molecule has 1 unspecified atom stereocenters. The maximum Gasteiger partial charge on any atom is 0.225 e. The Kier molecular flexibility index (Phi) is 6.63. The molecule has 0 saturated heterocycles. The van der Waals surface area contributed by atoms with Crippen LogP contribution in [0.5, 0.6) is 11.5 Å². The SMILES string of the molecule is COc1cc(Br)c(CCC(=O)Nc2sc3c(c2C#N)CCC(C)C3)cc1OC. The Morgan fingerprint density at radius 3 is 2.75 bits per heavy atom. The quantitative estimate of drug-likeness (QED) is 0.648. The molecule has 1 aromatic carbocycles. The predicted molar refractivity (Wildman–Crippen MR) is 114 cm³/mol. The summed E-state index contributed by atoms with van der Waals surface area (Å²) in [5.74, 6) is 1.81. The van der Waals surface area contributed by atoms with Crippen LogP contribution in [0.3, 0.4) is 0 Å². The number of halogens is 1. The molecule has 1 aliphatic rings. The second kappa shape index (κ2) is 8.97. The van der Waals surface area contributed by atoms with Crippen LogP contribution in [-0.2, 0) is 24.1 Å². The fourth-order valence-electron chi connectivity index (χ4n) is 3.48. The van der Waals surface area contributed by atoms with E-state index in [-0.39, 0.29) is 5.91 Å². The number of amides is 1. The van der Waals surface area contributed by atoms with Crippen LogP contribution in [0.25, 0.3) is 0 Å². The Hall–Kier alpha value is -2.04. The molecule has 28 heavy (non-hydrogen) atoms. The van der Waals surface area contributed by atoms with Gasteiger partial charge in [0.05, 0.1) is 19.8 Å². The summed E-state index contributed by atoms with van der Waals surface area (Å²) in [6.45, 7) is 2.23. The number of anilines is 1. The molecule has 1 amide bonds. The Morgan fingerprint density at radius 2 is 2.07 bits per heavy atom. The lowest BCUT2D eigenvalue weighted by molar-refractivity contribution is -0.116. The monoisotopic (exact) mass is 462 g/mol. The molecular weight excluding hydrogens is 440 g/mol. The maximum atomic E-state index is 12.5. The summed E-state index contributed by atoms with van der Waals surface area (Å²) in [5.41, 5.74) is 2.74. The minimum absolute atomic E-state index is 0.0927. The van der Waals surface area contributed by atoms with E-state index in [0.29, 0.717) is 40.8 Å². The van der Waals surface area contributed by atoms with Gasteiger partial charge in [0.2, 0.25) is 5.91 Å². The van der Waals surface area contributed by atoms with Crippen LogP contribution >= 0.6 is 27.3 Å². The van der Waals surface area contributed by atoms with Crippen molar-refractivity contribution < 1.29 is 14.3 Å². The molecule has 1 atom stereocenters. The average molecular weight is 463 g/mol. The number of nitrogens with zero attached hydrogens (tertiary/aromatic N) is 1. The van der Waals surface area contributed by atoms with Crippen LogP contribution in [0, 0.1) is 17.2 Å². The zero-order valence-electron chi connectivity index (χ0n) is 16.2. The number of nitriles is 1. The van der Waals surface area contributed by atoms with E-state index in [1.165, 1.54) is 4.88 Å². The van der Waals surface area contributed by atoms with E-state index in [4.69, 9.17) is 9.47 Å². The topological polar surface area (TPSA) is 71.3 Å². The molecule has 0 fully saturated rings. The van der Waals surface area contributed by atoms with Crippen LogP contribution in [0.2, 0.25) is 0 Å². The highest BCUT2D eigenvalue weighted by Crippen LogP contribution is 2.39. The number of rotatable bonds is 6. The third kappa shape index (κ3) is 4.34. The van der Waals surface area contributed by atoms with Gasteiger partial charge in [-0.25, -0.2) is 0 Å². The summed E-state index contributed by atoms with van der Waals surface area (Å²) in [5, 5.41) is 13.2. The van der Waals surface area contributed by atoms with Gasteiger partial charge in [-0.3, -0.25) is 4.79 Å². The smallest absolute Gasteiger partial charge is 0.225 e. The van der Waals surface area contributed by atoms with Crippen LogP contribution in [0.1, 0.15) is 41.3 Å². The molecule has 0 bridgehead atoms. The first-order valence-corrected chi connectivity index (χ1v) is 10.8. The van der Waals surface area contributed by atoms with Crippen molar-refractivity contribution in [2.45, 2.75) is 39.0 Å². The van der Waals surface area contributed by atoms with Gasteiger partial charge < -0.3 is 14.8 Å². The van der Waals surface area contributed by atoms with Crippen molar-refractivity contribution in [2.75, 3.05) is 19.5 Å². The lowest BCUT2D eigenvalue weighted by atomic mass is 9.88. The summed E-state index contributed by atoms with van der Waals surface area (Å²) < 4.78 is 11.5. The molecule has 1 aromatic heterocycles. The van der Waals surface area contributed by atoms with Crippen LogP contribution in [-0.4, -0.2) is 20.1 Å². The molecule has 0 radical (unpaired) electrons. The number of carbonyl (C=O) groups is 1. The van der Waals surface area contributed by atoms with Gasteiger partial charge in [-0.1, -0.05) is 22.9 Å². The summed E-state index contributed by atoms with van der Waals surface area (Å²) in [4.78, 5) is 13.8. The predicted octanol–water partition coefficient (Wildman–Crippen LogP) is 5.10. The second-order valence-electron chi connectivity index (χ2n) is 7.01. The highest BCUT2D eigenvalue weighted by atomic mass is 79.9. The van der Waals surface area contributed by atoms with E-state index >= 15 is 0 Å². The Balaban J connectivity index is 1.70. The summed E-state index contributed by atoms with van der Waals surface area (Å²) in [7, 11) is 3.18. The lowest BCUT2D eigenvalue weighted by Gasteiger charge is -2.17. The number of aryl methyl sites for hydroxylation is 1. The van der Waals surface area contributed by atoms with Crippen molar-refractivity contribution >= 4 is 38.2 Å². The fourth-order valence-corrected chi connectivity index (χ4v) is 5.38. The number of hydrogen-bond acceptors (Lipinski definition) is 5. The Labute approximate surface area is 177 Å². The minimum Gasteiger partial charge on any atom is -0.493 e. The average Bonchev–Trinajstić information content (AvgIpc) is 3.02. The number of nitrogens with one attached hydrogen (secondary N) is 1. The first-order chi connectivity index (χ1) is 13.5. The van der Waals surface area contributed by atoms with Gasteiger partial charge in [0.25, 0.3) is 0 Å². The molecule has 7 heteroatoms. The van der Waals surface area contributed by atoms with E-state index in [9.17, 15) is 10.1 Å². The molecule has 0 aliphatic heterocycles. The van der Waals surface area contributed by atoms with Crippen LogP contribution < -0.4 is 14.8 Å². The van der Waals surface area contributed by atoms with Gasteiger partial charge in [0.1, 0.15) is 11.1 Å². The van der Waals surface area contributed by atoms with E-state index in [2.05, 4.69) is 34.2 Å². The zero-order valence-corrected chi connectivity index (χ0v) is 18.6. The highest BCUT2D eigenvalue weighted by molar-refractivity contribution is 9.10. The van der Waals surface area contributed by atoms with E-state index in [1.807, 2.05) is 12.1 Å². The number of benzene rings is 1. The second-order valence-corrected chi connectivity index (χ2v) is 8.97. The number of methoxy groups -OCH3 is 2. The van der Waals surface area contributed by atoms with Gasteiger partial charge in [-0.15, -0.1) is 11.3 Å². The van der Waals surface area contributed by atoms with Crippen molar-refractivity contribution in [2.24, 2.45) is 5.92 Å². The minimum atomic E-state index is -0.0927. The fraction of sp³-hybridized carbons (Fsp3) is 0.429. The third-order valence-corrected chi connectivity index (χ3v) is 6.96. The first kappa shape index (κ1) is 20.7. The number of fused-ring (bicyclic) bond motifs is 1. The van der Waals surface area contributed by atoms with Crippen molar-refractivity contribution in [3.8, 4) is 17.6 Å². The number of ether oxygens (including phenoxy) is 2. The zero-order chi connectivity index (χ0) is 20.3. The van der Waals surface area contributed by atoms with E-state index in [1.54, 1.807) is 25.6 Å². The van der Waals surface area contributed by atoms with Crippen molar-refractivity contribution in [1.82, 2.24) is 0 Å². The van der Waals surface area contributed by atoms with Crippen LogP contribution in [0.4, 0.5) is 5.00 Å². The van der Waals surface area contributed by atoms with Crippen LogP contribution in [0.15, 0.2) is 16.6 Å². The molecule has 0 spiro atoms.